The molecule has 0 aromatic heterocycles. The van der Waals surface area contributed by atoms with Crippen LogP contribution in [0.3, 0.4) is 0 Å². The summed E-state index contributed by atoms with van der Waals surface area (Å²) in [6.45, 7) is 8.03. The van der Waals surface area contributed by atoms with Gasteiger partial charge in [0.1, 0.15) is 48.8 Å². The van der Waals surface area contributed by atoms with Crippen molar-refractivity contribution in [3.63, 3.8) is 0 Å². The van der Waals surface area contributed by atoms with E-state index in [2.05, 4.69) is 69.3 Å². The molecule has 11 nitrogen and oxygen atoms in total. The van der Waals surface area contributed by atoms with Crippen LogP contribution in [0.25, 0.3) is 0 Å². The summed E-state index contributed by atoms with van der Waals surface area (Å²) in [6.07, 6.45) is -8.92. The van der Waals surface area contributed by atoms with Crippen LogP contribution >= 0.6 is 0 Å². The first kappa shape index (κ1) is 55.1. The van der Waals surface area contributed by atoms with Crippen LogP contribution in [0.4, 0.5) is 0 Å². The van der Waals surface area contributed by atoms with Crippen molar-refractivity contribution in [2.75, 3.05) is 20.3 Å². The minimum atomic E-state index is -3.13. The average Bonchev–Trinajstić information content (AvgIpc) is 3.49. The lowest BCUT2D eigenvalue weighted by Gasteiger charge is -2.49. The van der Waals surface area contributed by atoms with E-state index < -0.39 is 69.7 Å². The lowest BCUT2D eigenvalue weighted by Crippen LogP contribution is -2.68. The summed E-state index contributed by atoms with van der Waals surface area (Å²) < 4.78 is 69.2. The van der Waals surface area contributed by atoms with Crippen LogP contribution < -0.4 is 10.4 Å². The van der Waals surface area contributed by atoms with E-state index >= 15 is 0 Å². The molecule has 2 fully saturated rings. The number of ether oxygens (including phenoxy) is 9. The Bertz CT molecular complexity index is 2680. The Balaban J connectivity index is 1.11. The quantitative estimate of drug-likeness (QED) is 0.0584. The zero-order valence-electron chi connectivity index (χ0n) is 44.0. The van der Waals surface area contributed by atoms with E-state index in [4.69, 9.17) is 47.1 Å². The van der Waals surface area contributed by atoms with Gasteiger partial charge in [0.05, 0.1) is 46.2 Å². The Morgan fingerprint density at radius 3 is 1.08 bits per heavy atom. The number of aliphatic hydroxyl groups excluding tert-OH is 1. The minimum absolute atomic E-state index is 0.0731. The fraction of sp³-hybridized carbons (Fsp3) is 0.344. The molecular weight excluding hydrogens is 973 g/mol. The minimum Gasteiger partial charge on any atom is -0.405 e. The summed E-state index contributed by atoms with van der Waals surface area (Å²) in [5.41, 5.74) is 4.82. The highest BCUT2D eigenvalue weighted by Crippen LogP contribution is 2.39. The summed E-state index contributed by atoms with van der Waals surface area (Å²) in [5, 5.41) is 13.8. The van der Waals surface area contributed by atoms with E-state index in [0.717, 1.165) is 38.2 Å². The van der Waals surface area contributed by atoms with E-state index in [1.54, 1.807) is 0 Å². The van der Waals surface area contributed by atoms with Gasteiger partial charge in [0.25, 0.3) is 8.32 Å². The van der Waals surface area contributed by atoms with Crippen LogP contribution in [-0.2, 0) is 80.1 Å². The second-order valence-electron chi connectivity index (χ2n) is 20.4. The van der Waals surface area contributed by atoms with Gasteiger partial charge >= 0.3 is 0 Å². The first-order valence-electron chi connectivity index (χ1n) is 26.4. The van der Waals surface area contributed by atoms with E-state index in [1.165, 1.54) is 7.11 Å². The Hall–Kier alpha value is -5.68. The molecule has 9 rings (SSSR count). The molecule has 2 aliphatic rings. The number of hydrogen-bond donors (Lipinski definition) is 1. The van der Waals surface area contributed by atoms with Gasteiger partial charge in [0, 0.05) is 7.11 Å². The van der Waals surface area contributed by atoms with Crippen LogP contribution in [0, 0.1) is 0 Å². The van der Waals surface area contributed by atoms with Crippen molar-refractivity contribution in [3.8, 4) is 0 Å². The zero-order valence-corrected chi connectivity index (χ0v) is 45.0. The number of methoxy groups -OCH3 is 1. The van der Waals surface area contributed by atoms with Crippen molar-refractivity contribution in [2.24, 2.45) is 0 Å². The molecule has 76 heavy (non-hydrogen) atoms. The lowest BCUT2D eigenvalue weighted by molar-refractivity contribution is -0.347. The summed E-state index contributed by atoms with van der Waals surface area (Å²) in [4.78, 5) is 0. The molecule has 2 saturated heterocycles. The smallest absolute Gasteiger partial charge is 0.261 e. The number of benzene rings is 7. The second kappa shape index (κ2) is 27.1. The number of hydrogen-bond acceptors (Lipinski definition) is 11. The van der Waals surface area contributed by atoms with E-state index in [1.807, 2.05) is 164 Å². The van der Waals surface area contributed by atoms with Crippen molar-refractivity contribution < 1.29 is 52.2 Å². The molecule has 0 radical (unpaired) electrons. The van der Waals surface area contributed by atoms with Gasteiger partial charge in [-0.25, -0.2) is 0 Å². The van der Waals surface area contributed by atoms with Crippen LogP contribution in [-0.4, -0.2) is 95.2 Å². The second-order valence-corrected chi connectivity index (χ2v) is 24.7. The number of aliphatic hydroxyl groups is 1. The Morgan fingerprint density at radius 1 is 0.382 bits per heavy atom. The van der Waals surface area contributed by atoms with Gasteiger partial charge in [-0.1, -0.05) is 233 Å². The SMILES string of the molecule is CO[C@H]1O[C@H](COC2O[C@H](CO[Si](c3ccccc3)(c3ccccc3)C(C)(C)C)[C@@H](OCc3ccccc3)[C@H](OCc3ccccc3)[C@H]2OCc2ccccc2)[C@@H](OCc2ccccc2)[C@H](OCc2ccccc2)[C@H]1O. The molecule has 0 aliphatic carbocycles. The molecule has 0 bridgehead atoms. The Kier molecular flexibility index (Phi) is 19.6. The molecule has 7 aromatic carbocycles. The van der Waals surface area contributed by atoms with Crippen LogP contribution in [0.1, 0.15) is 48.6 Å². The molecule has 7 aromatic rings. The maximum atomic E-state index is 11.9. The normalized spacial score (nSPS) is 24.0. The molecule has 2 aliphatic heterocycles. The molecule has 10 atom stereocenters. The maximum absolute atomic E-state index is 11.9. The highest BCUT2D eigenvalue weighted by molar-refractivity contribution is 6.99. The van der Waals surface area contributed by atoms with Crippen LogP contribution in [0.2, 0.25) is 5.04 Å². The van der Waals surface area contributed by atoms with E-state index in [0.29, 0.717) is 0 Å². The van der Waals surface area contributed by atoms with Crippen molar-refractivity contribution in [1.82, 2.24) is 0 Å². The third kappa shape index (κ3) is 13.9. The lowest BCUT2D eigenvalue weighted by atomic mass is 9.97. The molecule has 1 unspecified atom stereocenters. The average molecular weight is 1050 g/mol. The van der Waals surface area contributed by atoms with Crippen molar-refractivity contribution in [2.45, 2.75) is 120 Å². The first-order valence-corrected chi connectivity index (χ1v) is 28.3. The number of rotatable bonds is 24. The van der Waals surface area contributed by atoms with Gasteiger partial charge in [0.15, 0.2) is 12.6 Å². The molecule has 1 N–H and O–H groups in total. The predicted molar refractivity (Wildman–Crippen MR) is 295 cm³/mol. The van der Waals surface area contributed by atoms with Gasteiger partial charge in [-0.15, -0.1) is 0 Å². The van der Waals surface area contributed by atoms with Gasteiger partial charge in [-0.2, -0.15) is 0 Å². The largest absolute Gasteiger partial charge is 0.405 e. The van der Waals surface area contributed by atoms with Gasteiger partial charge in [0.2, 0.25) is 0 Å². The standard InChI is InChI=1S/C64H72O11Si/c1-64(2,3)76(52-36-22-10-23-37-52,53-38-24-11-25-39-53)73-46-55-58(68-41-48-28-14-6-15-29-48)60(70-43-50-32-18-8-19-33-50)61(71-44-51-34-20-9-21-35-51)63(75-55)72-45-54-57(67-40-47-26-12-5-13-27-47)59(56(65)62(66-4)74-54)69-42-49-30-16-7-17-31-49/h5-39,54-63,65H,40-46H2,1-4H3/t54-,55-,56-,57-,58-,59-,60+,61-,62+,63?/m1/s1. The van der Waals surface area contributed by atoms with Crippen molar-refractivity contribution >= 4 is 18.7 Å². The Labute approximate surface area is 449 Å². The summed E-state index contributed by atoms with van der Waals surface area (Å²) in [7, 11) is -1.62. The molecule has 12 heteroatoms. The van der Waals surface area contributed by atoms with Crippen molar-refractivity contribution in [1.29, 1.82) is 0 Å². The fourth-order valence-electron chi connectivity index (χ4n) is 10.3. The summed E-state index contributed by atoms with van der Waals surface area (Å²) >= 11 is 0. The molecular formula is C64H72O11Si. The third-order valence-corrected chi connectivity index (χ3v) is 19.2. The van der Waals surface area contributed by atoms with Gasteiger partial charge < -0.3 is 52.2 Å². The summed E-state index contributed by atoms with van der Waals surface area (Å²) in [5.74, 6) is 0. The highest BCUT2D eigenvalue weighted by Gasteiger charge is 2.55. The predicted octanol–water partition coefficient (Wildman–Crippen LogP) is 9.96. The third-order valence-electron chi connectivity index (χ3n) is 14.2. The molecule has 398 valence electrons. The van der Waals surface area contributed by atoms with E-state index in [9.17, 15) is 5.11 Å². The Morgan fingerprint density at radius 2 is 0.697 bits per heavy atom. The zero-order chi connectivity index (χ0) is 52.6. The van der Waals surface area contributed by atoms with E-state index in [-0.39, 0.29) is 51.3 Å². The topological polar surface area (TPSA) is 113 Å². The molecule has 0 amide bonds. The van der Waals surface area contributed by atoms with Crippen LogP contribution in [0.15, 0.2) is 212 Å². The highest BCUT2D eigenvalue weighted by atomic mass is 28.4. The van der Waals surface area contributed by atoms with Crippen LogP contribution in [0.5, 0.6) is 0 Å². The fourth-order valence-corrected chi connectivity index (χ4v) is 14.9. The maximum Gasteiger partial charge on any atom is 0.261 e. The molecule has 0 spiro atoms. The summed E-state index contributed by atoms with van der Waals surface area (Å²) in [6, 6.07) is 71.1. The van der Waals surface area contributed by atoms with Crippen molar-refractivity contribution in [3.05, 3.63) is 240 Å². The monoisotopic (exact) mass is 1040 g/mol. The molecule has 0 saturated carbocycles. The first-order chi connectivity index (χ1) is 37.2. The molecule has 2 heterocycles. The van der Waals surface area contributed by atoms with Gasteiger partial charge in [-0.3, -0.25) is 0 Å². The van der Waals surface area contributed by atoms with Gasteiger partial charge in [-0.05, 0) is 43.2 Å².